The minimum Gasteiger partial charge on any atom is -0.359 e. The monoisotopic (exact) mass is 207 g/mol. The van der Waals surface area contributed by atoms with E-state index in [4.69, 9.17) is 0 Å². The van der Waals surface area contributed by atoms with Gasteiger partial charge < -0.3 is 4.98 Å². The highest BCUT2D eigenvalue weighted by atomic mass is 15.1. The van der Waals surface area contributed by atoms with Gasteiger partial charge in [0, 0.05) is 6.20 Å². The summed E-state index contributed by atoms with van der Waals surface area (Å²) in [5.41, 5.74) is 4.36. The predicted molar refractivity (Wildman–Crippen MR) is 66.1 cm³/mol. The van der Waals surface area contributed by atoms with Crippen molar-refractivity contribution in [2.24, 2.45) is 0 Å². The maximum atomic E-state index is 4.02. The molecule has 3 nitrogen and oxygen atoms in total. The molecule has 0 bridgehead atoms. The zero-order valence-corrected chi connectivity index (χ0v) is 10.5. The molecule has 2 aromatic heterocycles. The molecular formula is C12H21N3. The molecule has 0 unspecified atom stereocenters. The van der Waals surface area contributed by atoms with Crippen LogP contribution in [-0.2, 0) is 0 Å². The molecule has 2 rings (SSSR count). The molecular weight excluding hydrogens is 186 g/mol. The lowest BCUT2D eigenvalue weighted by Gasteiger charge is -1.91. The number of H-pyrrole nitrogens is 1. The second kappa shape index (κ2) is 6.98. The topological polar surface area (TPSA) is 41.6 Å². The Morgan fingerprint density at radius 1 is 1.00 bits per heavy atom. The molecule has 0 aliphatic carbocycles. The third kappa shape index (κ3) is 3.05. The third-order valence-electron chi connectivity index (χ3n) is 1.85. The van der Waals surface area contributed by atoms with Gasteiger partial charge in [-0.1, -0.05) is 27.7 Å². The highest BCUT2D eigenvalue weighted by molar-refractivity contribution is 5.80. The number of aryl methyl sites for hydroxylation is 2. The first kappa shape index (κ1) is 13.6. The SMILES string of the molecule is CC.CC.Cc1c[nH]c2c(C)cnnc12. The molecule has 0 saturated carbocycles. The van der Waals surface area contributed by atoms with Crippen LogP contribution < -0.4 is 0 Å². The molecule has 0 radical (unpaired) electrons. The van der Waals surface area contributed by atoms with Gasteiger partial charge in [-0.25, -0.2) is 0 Å². The molecule has 2 heterocycles. The van der Waals surface area contributed by atoms with E-state index in [9.17, 15) is 0 Å². The minimum absolute atomic E-state index is 0.977. The predicted octanol–water partition coefficient (Wildman–Crippen LogP) is 3.63. The summed E-state index contributed by atoms with van der Waals surface area (Å²) in [6.07, 6.45) is 3.71. The number of aromatic amines is 1. The van der Waals surface area contributed by atoms with Crippen LogP contribution in [0, 0.1) is 13.8 Å². The van der Waals surface area contributed by atoms with Gasteiger partial charge >= 0.3 is 0 Å². The van der Waals surface area contributed by atoms with E-state index < -0.39 is 0 Å². The second-order valence-corrected chi connectivity index (χ2v) is 2.72. The van der Waals surface area contributed by atoms with E-state index >= 15 is 0 Å². The van der Waals surface area contributed by atoms with E-state index in [1.807, 2.05) is 47.7 Å². The summed E-state index contributed by atoms with van der Waals surface area (Å²) in [7, 11) is 0. The van der Waals surface area contributed by atoms with Crippen LogP contribution in [-0.4, -0.2) is 15.2 Å². The molecule has 15 heavy (non-hydrogen) atoms. The highest BCUT2D eigenvalue weighted by Gasteiger charge is 2.02. The summed E-state index contributed by atoms with van der Waals surface area (Å²) in [6, 6.07) is 0. The maximum absolute atomic E-state index is 4.02. The van der Waals surface area contributed by atoms with Crippen LogP contribution in [0.1, 0.15) is 38.8 Å². The summed E-state index contributed by atoms with van der Waals surface area (Å²) in [6.45, 7) is 12.0. The Bertz CT molecular complexity index is 391. The zero-order valence-electron chi connectivity index (χ0n) is 10.5. The smallest absolute Gasteiger partial charge is 0.114 e. The van der Waals surface area contributed by atoms with Crippen LogP contribution >= 0.6 is 0 Å². The fraction of sp³-hybridized carbons (Fsp3) is 0.500. The van der Waals surface area contributed by atoms with E-state index in [0.29, 0.717) is 0 Å². The lowest BCUT2D eigenvalue weighted by Crippen LogP contribution is -1.84. The van der Waals surface area contributed by atoms with Gasteiger partial charge in [-0.05, 0) is 25.0 Å². The maximum Gasteiger partial charge on any atom is 0.114 e. The zero-order chi connectivity index (χ0) is 11.8. The Labute approximate surface area is 91.9 Å². The number of aromatic nitrogens is 3. The van der Waals surface area contributed by atoms with E-state index in [2.05, 4.69) is 15.2 Å². The van der Waals surface area contributed by atoms with Gasteiger partial charge in [0.15, 0.2) is 0 Å². The standard InChI is InChI=1S/C8H9N3.2C2H6/c1-5-3-9-7-6(2)4-10-11-8(5)7;2*1-2/h3-4,9H,1-2H3;2*1-2H3. The summed E-state index contributed by atoms with van der Waals surface area (Å²) < 4.78 is 0. The number of rotatable bonds is 0. The molecule has 0 fully saturated rings. The summed E-state index contributed by atoms with van der Waals surface area (Å²) in [5, 5.41) is 7.90. The Balaban J connectivity index is 0.000000442. The molecule has 0 atom stereocenters. The van der Waals surface area contributed by atoms with E-state index in [1.54, 1.807) is 6.20 Å². The van der Waals surface area contributed by atoms with Gasteiger partial charge in [-0.2, -0.15) is 5.10 Å². The Morgan fingerprint density at radius 2 is 1.60 bits per heavy atom. The van der Waals surface area contributed by atoms with Gasteiger partial charge in [0.2, 0.25) is 0 Å². The summed E-state index contributed by atoms with van der Waals surface area (Å²) in [4.78, 5) is 3.15. The van der Waals surface area contributed by atoms with Crippen LogP contribution in [0.4, 0.5) is 0 Å². The van der Waals surface area contributed by atoms with Crippen molar-refractivity contribution in [2.45, 2.75) is 41.5 Å². The van der Waals surface area contributed by atoms with E-state index in [-0.39, 0.29) is 0 Å². The van der Waals surface area contributed by atoms with Crippen molar-refractivity contribution in [3.63, 3.8) is 0 Å². The van der Waals surface area contributed by atoms with Gasteiger partial charge in [0.1, 0.15) is 5.52 Å². The first-order valence-electron chi connectivity index (χ1n) is 5.55. The Hall–Kier alpha value is -1.38. The average Bonchev–Trinajstić information content (AvgIpc) is 2.68. The third-order valence-corrected chi connectivity index (χ3v) is 1.85. The molecule has 84 valence electrons. The van der Waals surface area contributed by atoms with Crippen molar-refractivity contribution in [3.8, 4) is 0 Å². The van der Waals surface area contributed by atoms with E-state index in [0.717, 1.165) is 22.2 Å². The number of nitrogens with one attached hydrogen (secondary N) is 1. The van der Waals surface area contributed by atoms with Crippen molar-refractivity contribution in [2.75, 3.05) is 0 Å². The molecule has 0 amide bonds. The number of fused-ring (bicyclic) bond motifs is 1. The molecule has 0 aromatic carbocycles. The largest absolute Gasteiger partial charge is 0.359 e. The highest BCUT2D eigenvalue weighted by Crippen LogP contribution is 2.15. The summed E-state index contributed by atoms with van der Waals surface area (Å²) >= 11 is 0. The molecule has 2 aromatic rings. The van der Waals surface area contributed by atoms with Gasteiger partial charge in [0.25, 0.3) is 0 Å². The Morgan fingerprint density at radius 3 is 2.13 bits per heavy atom. The van der Waals surface area contributed by atoms with Crippen LogP contribution in [0.2, 0.25) is 0 Å². The van der Waals surface area contributed by atoms with Crippen molar-refractivity contribution in [3.05, 3.63) is 23.5 Å². The van der Waals surface area contributed by atoms with Gasteiger partial charge in [0.05, 0.1) is 11.7 Å². The molecule has 0 saturated heterocycles. The Kier molecular flexibility index (Phi) is 6.34. The number of hydrogen-bond donors (Lipinski definition) is 1. The quantitative estimate of drug-likeness (QED) is 0.716. The van der Waals surface area contributed by atoms with E-state index in [1.165, 1.54) is 0 Å². The van der Waals surface area contributed by atoms with Crippen LogP contribution in [0.15, 0.2) is 12.4 Å². The average molecular weight is 207 g/mol. The van der Waals surface area contributed by atoms with Crippen LogP contribution in [0.3, 0.4) is 0 Å². The molecule has 1 N–H and O–H groups in total. The lowest BCUT2D eigenvalue weighted by molar-refractivity contribution is 1.06. The van der Waals surface area contributed by atoms with Crippen molar-refractivity contribution in [1.82, 2.24) is 15.2 Å². The first-order chi connectivity index (χ1) is 7.29. The van der Waals surface area contributed by atoms with Crippen molar-refractivity contribution < 1.29 is 0 Å². The van der Waals surface area contributed by atoms with Crippen molar-refractivity contribution >= 4 is 11.0 Å². The lowest BCUT2D eigenvalue weighted by atomic mass is 10.2. The fourth-order valence-electron chi connectivity index (χ4n) is 1.18. The first-order valence-corrected chi connectivity index (χ1v) is 5.55. The van der Waals surface area contributed by atoms with Crippen molar-refractivity contribution in [1.29, 1.82) is 0 Å². The normalized spacial score (nSPS) is 8.67. The summed E-state index contributed by atoms with van der Waals surface area (Å²) in [5.74, 6) is 0. The second-order valence-electron chi connectivity index (χ2n) is 2.72. The molecule has 0 aliphatic rings. The van der Waals surface area contributed by atoms with Crippen LogP contribution in [0.25, 0.3) is 11.0 Å². The molecule has 0 aliphatic heterocycles. The fourth-order valence-corrected chi connectivity index (χ4v) is 1.18. The van der Waals surface area contributed by atoms with Crippen LogP contribution in [0.5, 0.6) is 0 Å². The molecule has 3 heteroatoms. The van der Waals surface area contributed by atoms with Gasteiger partial charge in [-0.3, -0.25) is 0 Å². The molecule has 0 spiro atoms. The minimum atomic E-state index is 0.977. The van der Waals surface area contributed by atoms with Gasteiger partial charge in [-0.15, -0.1) is 5.10 Å². The number of hydrogen-bond acceptors (Lipinski definition) is 2. The number of nitrogens with zero attached hydrogens (tertiary/aromatic N) is 2.